The minimum atomic E-state index is -1.11. The van der Waals surface area contributed by atoms with E-state index >= 15 is 0 Å². The minimum absolute atomic E-state index is 0. The van der Waals surface area contributed by atoms with Gasteiger partial charge in [-0.25, -0.2) is 0 Å². The Labute approximate surface area is 276 Å². The average Bonchev–Trinajstić information content (AvgIpc) is 3.15. The van der Waals surface area contributed by atoms with Gasteiger partial charge in [0.05, 0.1) is 6.04 Å². The molecule has 1 aromatic rings. The van der Waals surface area contributed by atoms with E-state index in [1.54, 1.807) is 0 Å². The van der Waals surface area contributed by atoms with Crippen LogP contribution in [0.25, 0.3) is 9.30 Å². The third-order valence-corrected chi connectivity index (χ3v) is 16.6. The van der Waals surface area contributed by atoms with E-state index < -0.39 is 32.9 Å². The summed E-state index contributed by atoms with van der Waals surface area (Å²) in [5, 5.41) is 0. The Hall–Kier alpha value is 1.09. The van der Waals surface area contributed by atoms with E-state index in [2.05, 4.69) is 104 Å². The summed E-state index contributed by atoms with van der Waals surface area (Å²) in [5.41, 5.74) is 1.00. The van der Waals surface area contributed by atoms with Crippen LogP contribution in [0.2, 0.25) is 78.6 Å². The second kappa shape index (κ2) is 18.6. The van der Waals surface area contributed by atoms with Crippen molar-refractivity contribution < 1.29 is 40.8 Å². The van der Waals surface area contributed by atoms with Gasteiger partial charge in [-0.3, -0.25) is 4.99 Å². The van der Waals surface area contributed by atoms with Crippen LogP contribution in [0.3, 0.4) is 0 Å². The molecular weight excluding hydrogens is 661 g/mol. The van der Waals surface area contributed by atoms with Gasteiger partial charge in [0.2, 0.25) is 0 Å². The Morgan fingerprint density at radius 1 is 0.868 bits per heavy atom. The van der Waals surface area contributed by atoms with Crippen LogP contribution < -0.4 is 4.98 Å². The zero-order chi connectivity index (χ0) is 29.1. The zero-order valence-electron chi connectivity index (χ0n) is 27.9. The van der Waals surface area contributed by atoms with Gasteiger partial charge in [0.15, 0.2) is 0 Å². The molecule has 3 unspecified atom stereocenters. The standard InChI is InChI=1S/C17H27N2.2C6H18NSi2.Nd/c1-4-7-14-8-5-10-16(13(2)3)17(14)19-12-15-9-6-11-18-15;2*1-8(2,3)7-9(4,5)6;/h6,9,11-14,16-17H,4-5,7-8,10H2,1-3H3;2*1-6H3;/q3*-1;+3. The number of nitrogens with zero attached hydrogens (tertiary/aromatic N) is 4. The molecule has 1 fully saturated rings. The summed E-state index contributed by atoms with van der Waals surface area (Å²) >= 11 is 0. The molecule has 0 bridgehead atoms. The van der Waals surface area contributed by atoms with E-state index in [4.69, 9.17) is 14.3 Å². The molecule has 0 amide bonds. The van der Waals surface area contributed by atoms with Crippen molar-refractivity contribution in [3.63, 3.8) is 0 Å². The summed E-state index contributed by atoms with van der Waals surface area (Å²) < 4.78 is 9.64. The van der Waals surface area contributed by atoms with Crippen molar-refractivity contribution in [2.24, 2.45) is 22.7 Å². The molecule has 38 heavy (non-hydrogen) atoms. The van der Waals surface area contributed by atoms with Crippen molar-refractivity contribution in [2.45, 2.75) is 137 Å². The molecule has 2 rings (SSSR count). The zero-order valence-corrected chi connectivity index (χ0v) is 35.2. The summed E-state index contributed by atoms with van der Waals surface area (Å²) in [5.74, 6) is 2.25. The van der Waals surface area contributed by atoms with Gasteiger partial charge >= 0.3 is 40.8 Å². The van der Waals surface area contributed by atoms with Gasteiger partial charge in [-0.2, -0.15) is 6.20 Å². The molecule has 9 heteroatoms. The molecule has 1 saturated carbocycles. The summed E-state index contributed by atoms with van der Waals surface area (Å²) in [6.45, 7) is 34.6. The maximum Gasteiger partial charge on any atom is 3.00 e. The molecule has 1 aliphatic rings. The molecule has 4 nitrogen and oxygen atoms in total. The number of aromatic nitrogens is 1. The van der Waals surface area contributed by atoms with E-state index in [-0.39, 0.29) is 40.8 Å². The molecule has 1 aliphatic carbocycles. The van der Waals surface area contributed by atoms with Crippen LogP contribution in [-0.2, 0) is 0 Å². The van der Waals surface area contributed by atoms with Gasteiger partial charge in [0.1, 0.15) is 0 Å². The van der Waals surface area contributed by atoms with Crippen molar-refractivity contribution in [3.05, 3.63) is 33.3 Å². The Kier molecular flexibility index (Phi) is 20.2. The fourth-order valence-electron chi connectivity index (χ4n) is 5.52. The Morgan fingerprint density at radius 3 is 1.66 bits per heavy atom. The number of hydrogen-bond donors (Lipinski definition) is 0. The van der Waals surface area contributed by atoms with Gasteiger partial charge in [-0.05, 0) is 37.0 Å². The van der Waals surface area contributed by atoms with Crippen molar-refractivity contribution in [1.82, 2.24) is 4.98 Å². The van der Waals surface area contributed by atoms with Gasteiger partial charge in [0, 0.05) is 6.21 Å². The van der Waals surface area contributed by atoms with Gasteiger partial charge in [-0.15, -0.1) is 5.69 Å². The predicted octanol–water partition coefficient (Wildman–Crippen LogP) is 10.4. The smallest absolute Gasteiger partial charge is 0.668 e. The van der Waals surface area contributed by atoms with Gasteiger partial charge < -0.3 is 14.3 Å². The Bertz CT molecular complexity index is 691. The first-order valence-corrected chi connectivity index (χ1v) is 28.5. The average molecular weight is 724 g/mol. The maximum atomic E-state index is 4.94. The van der Waals surface area contributed by atoms with Crippen LogP contribution in [-0.4, -0.2) is 45.2 Å². The first-order chi connectivity index (χ1) is 16.6. The SMILES string of the molecule is CCCC1CCCC(C(C)C)C1N=Cc1ccc[n-]1.C[Si](C)(C)[N-][Si](C)(C)C.C[Si](C)(C)[N-][Si](C)(C)C.[Nd+3]. The minimum Gasteiger partial charge on any atom is -0.668 e. The van der Waals surface area contributed by atoms with Gasteiger partial charge in [0.25, 0.3) is 0 Å². The largest absolute Gasteiger partial charge is 3.00 e. The van der Waals surface area contributed by atoms with Crippen LogP contribution >= 0.6 is 0 Å². The quantitative estimate of drug-likeness (QED) is 0.185. The Balaban J connectivity index is 0. The molecule has 0 saturated heterocycles. The fraction of sp³-hybridized carbons (Fsp3) is 0.828. The number of rotatable bonds is 9. The second-order valence-corrected chi connectivity index (χ2v) is 34.3. The van der Waals surface area contributed by atoms with E-state index in [1.807, 2.05) is 24.5 Å². The summed E-state index contributed by atoms with van der Waals surface area (Å²) in [4.78, 5) is 9.23. The molecule has 0 aromatic carbocycles. The molecule has 0 aliphatic heterocycles. The molecule has 3 atom stereocenters. The molecule has 1 heterocycles. The van der Waals surface area contributed by atoms with Crippen molar-refractivity contribution in [3.8, 4) is 0 Å². The van der Waals surface area contributed by atoms with E-state index in [9.17, 15) is 0 Å². The molecule has 1 radical (unpaired) electrons. The third-order valence-electron chi connectivity index (χ3n) is 5.85. The van der Waals surface area contributed by atoms with Crippen molar-refractivity contribution in [1.29, 1.82) is 0 Å². The normalized spacial score (nSPS) is 20.8. The molecule has 0 N–H and O–H groups in total. The van der Waals surface area contributed by atoms with Crippen molar-refractivity contribution >= 4 is 39.2 Å². The van der Waals surface area contributed by atoms with Crippen LogP contribution in [0, 0.1) is 58.6 Å². The van der Waals surface area contributed by atoms with E-state index in [0.717, 1.165) is 23.4 Å². The second-order valence-electron chi connectivity index (χ2n) is 15.1. The number of aliphatic imine (C=N–C) groups is 1. The predicted molar refractivity (Wildman–Crippen MR) is 182 cm³/mol. The topological polar surface area (TPSA) is 54.7 Å². The fourth-order valence-corrected chi connectivity index (χ4v) is 21.6. The molecule has 0 spiro atoms. The van der Waals surface area contributed by atoms with Crippen LogP contribution in [0.5, 0.6) is 0 Å². The van der Waals surface area contributed by atoms with Gasteiger partial charge in [-0.1, -0.05) is 157 Å². The molecule has 1 aromatic heterocycles. The first-order valence-electron chi connectivity index (χ1n) is 14.7. The Morgan fingerprint density at radius 2 is 1.34 bits per heavy atom. The third kappa shape index (κ3) is 22.7. The van der Waals surface area contributed by atoms with Crippen LogP contribution in [0.4, 0.5) is 0 Å². The number of hydrogen-bond acceptors (Lipinski definition) is 1. The first kappa shape index (κ1) is 41.2. The summed E-state index contributed by atoms with van der Waals surface area (Å²) in [6.07, 6.45) is 10.5. The molecule has 219 valence electrons. The van der Waals surface area contributed by atoms with Crippen LogP contribution in [0.15, 0.2) is 23.3 Å². The van der Waals surface area contributed by atoms with E-state index in [1.165, 1.54) is 32.1 Å². The summed E-state index contributed by atoms with van der Waals surface area (Å²) in [7, 11) is -4.42. The van der Waals surface area contributed by atoms with E-state index in [0.29, 0.717) is 6.04 Å². The van der Waals surface area contributed by atoms with Crippen LogP contribution in [0.1, 0.15) is 58.6 Å². The van der Waals surface area contributed by atoms with Crippen molar-refractivity contribution in [2.75, 3.05) is 0 Å². The monoisotopic (exact) mass is 721 g/mol. The molecular formula is C29H63N4NdSi4. The maximum absolute atomic E-state index is 4.94. The summed E-state index contributed by atoms with van der Waals surface area (Å²) in [6, 6.07) is 4.52.